The molecule has 1 unspecified atom stereocenters. The Morgan fingerprint density at radius 1 is 1.06 bits per heavy atom. The van der Waals surface area contributed by atoms with Gasteiger partial charge in [-0.15, -0.1) is 0 Å². The molecule has 2 aromatic rings. The van der Waals surface area contributed by atoms with Crippen molar-refractivity contribution in [2.45, 2.75) is 33.8 Å². The van der Waals surface area contributed by atoms with Crippen molar-refractivity contribution < 1.29 is 5.11 Å². The Morgan fingerprint density at radius 3 is 2.22 bits per heavy atom. The standard InChI is InChI=1S/C15H18ClNO/c1-8-5-12(7-13(16)6-8)15(18)14-10(3)9(2)11(4)17-14/h5-7,15,17-18H,1-4H3. The van der Waals surface area contributed by atoms with Crippen molar-refractivity contribution in [3.8, 4) is 0 Å². The van der Waals surface area contributed by atoms with E-state index in [0.29, 0.717) is 5.02 Å². The summed E-state index contributed by atoms with van der Waals surface area (Å²) in [4.78, 5) is 3.26. The number of aliphatic hydroxyl groups excluding tert-OH is 1. The van der Waals surface area contributed by atoms with Crippen LogP contribution in [-0.4, -0.2) is 10.1 Å². The molecule has 18 heavy (non-hydrogen) atoms. The van der Waals surface area contributed by atoms with Gasteiger partial charge in [-0.1, -0.05) is 17.7 Å². The van der Waals surface area contributed by atoms with Crippen LogP contribution in [0, 0.1) is 27.7 Å². The highest BCUT2D eigenvalue weighted by Gasteiger charge is 2.18. The second-order valence-electron chi connectivity index (χ2n) is 4.88. The highest BCUT2D eigenvalue weighted by molar-refractivity contribution is 6.30. The zero-order valence-electron chi connectivity index (χ0n) is 11.1. The average molecular weight is 264 g/mol. The van der Waals surface area contributed by atoms with Crippen LogP contribution in [0.2, 0.25) is 5.02 Å². The van der Waals surface area contributed by atoms with Gasteiger partial charge in [-0.3, -0.25) is 0 Å². The molecule has 0 spiro atoms. The molecule has 1 aromatic carbocycles. The minimum Gasteiger partial charge on any atom is -0.382 e. The van der Waals surface area contributed by atoms with Crippen LogP contribution in [0.4, 0.5) is 0 Å². The molecule has 0 saturated heterocycles. The van der Waals surface area contributed by atoms with Gasteiger partial charge in [0.05, 0.1) is 5.69 Å². The molecule has 0 fully saturated rings. The molecule has 0 amide bonds. The Kier molecular flexibility index (Phi) is 3.51. The maximum atomic E-state index is 10.5. The lowest BCUT2D eigenvalue weighted by Gasteiger charge is -2.12. The van der Waals surface area contributed by atoms with Crippen molar-refractivity contribution >= 4 is 11.6 Å². The van der Waals surface area contributed by atoms with E-state index in [2.05, 4.69) is 11.9 Å². The number of H-pyrrole nitrogens is 1. The summed E-state index contributed by atoms with van der Waals surface area (Å²) in [6, 6.07) is 5.65. The second-order valence-corrected chi connectivity index (χ2v) is 5.31. The minimum atomic E-state index is -0.658. The molecule has 2 nitrogen and oxygen atoms in total. The van der Waals surface area contributed by atoms with E-state index in [9.17, 15) is 5.11 Å². The maximum absolute atomic E-state index is 10.5. The first-order chi connectivity index (χ1) is 8.40. The number of aromatic nitrogens is 1. The number of rotatable bonds is 2. The number of aromatic amines is 1. The summed E-state index contributed by atoms with van der Waals surface area (Å²) in [5, 5.41) is 11.1. The Bertz CT molecular complexity index is 566. The molecule has 0 aliphatic carbocycles. The molecular weight excluding hydrogens is 246 g/mol. The molecule has 0 aliphatic heterocycles. The summed E-state index contributed by atoms with van der Waals surface area (Å²) < 4.78 is 0. The van der Waals surface area contributed by atoms with E-state index < -0.39 is 6.10 Å². The number of aryl methyl sites for hydroxylation is 2. The molecule has 2 rings (SSSR count). The summed E-state index contributed by atoms with van der Waals surface area (Å²) in [7, 11) is 0. The van der Waals surface area contributed by atoms with Gasteiger partial charge >= 0.3 is 0 Å². The van der Waals surface area contributed by atoms with Crippen molar-refractivity contribution in [1.29, 1.82) is 0 Å². The summed E-state index contributed by atoms with van der Waals surface area (Å²) in [5.41, 5.74) is 6.13. The lowest BCUT2D eigenvalue weighted by atomic mass is 10.0. The third-order valence-corrected chi connectivity index (χ3v) is 3.72. The van der Waals surface area contributed by atoms with Crippen LogP contribution in [0.1, 0.15) is 39.7 Å². The highest BCUT2D eigenvalue weighted by Crippen LogP contribution is 2.29. The molecule has 1 atom stereocenters. The third-order valence-electron chi connectivity index (χ3n) is 3.50. The van der Waals surface area contributed by atoms with Gasteiger partial charge in [-0.25, -0.2) is 0 Å². The van der Waals surface area contributed by atoms with Crippen molar-refractivity contribution in [2.24, 2.45) is 0 Å². The fourth-order valence-electron chi connectivity index (χ4n) is 2.24. The van der Waals surface area contributed by atoms with Crippen LogP contribution in [0.25, 0.3) is 0 Å². The van der Waals surface area contributed by atoms with Crippen LogP contribution in [0.5, 0.6) is 0 Å². The Hall–Kier alpha value is -1.25. The van der Waals surface area contributed by atoms with Gasteiger partial charge in [0.25, 0.3) is 0 Å². The average Bonchev–Trinajstić information content (AvgIpc) is 2.55. The van der Waals surface area contributed by atoms with Crippen molar-refractivity contribution in [2.75, 3.05) is 0 Å². The summed E-state index contributed by atoms with van der Waals surface area (Å²) in [6.45, 7) is 8.07. The van der Waals surface area contributed by atoms with Gasteiger partial charge < -0.3 is 10.1 Å². The second kappa shape index (κ2) is 4.79. The first kappa shape index (κ1) is 13.2. The van der Waals surface area contributed by atoms with Crippen LogP contribution < -0.4 is 0 Å². The largest absolute Gasteiger partial charge is 0.382 e. The van der Waals surface area contributed by atoms with Crippen molar-refractivity contribution in [3.63, 3.8) is 0 Å². The Labute approximate surface area is 113 Å². The lowest BCUT2D eigenvalue weighted by Crippen LogP contribution is -2.02. The predicted molar refractivity (Wildman–Crippen MR) is 75.3 cm³/mol. The fourth-order valence-corrected chi connectivity index (χ4v) is 2.53. The molecule has 0 bridgehead atoms. The normalized spacial score (nSPS) is 12.8. The predicted octanol–water partition coefficient (Wildman–Crippen LogP) is 3.98. The molecule has 0 aliphatic rings. The number of aliphatic hydroxyl groups is 1. The molecular formula is C15H18ClNO. The SMILES string of the molecule is Cc1cc(Cl)cc(C(O)c2[nH]c(C)c(C)c2C)c1. The molecule has 0 saturated carbocycles. The number of benzene rings is 1. The number of hydrogen-bond donors (Lipinski definition) is 2. The van der Waals surface area contributed by atoms with Crippen molar-refractivity contribution in [1.82, 2.24) is 4.98 Å². The molecule has 1 aromatic heterocycles. The van der Waals surface area contributed by atoms with Gasteiger partial charge in [0.15, 0.2) is 0 Å². The van der Waals surface area contributed by atoms with Gasteiger partial charge in [0.1, 0.15) is 6.10 Å². The smallest absolute Gasteiger partial charge is 0.119 e. The quantitative estimate of drug-likeness (QED) is 0.845. The van der Waals surface area contributed by atoms with E-state index in [1.54, 1.807) is 0 Å². The first-order valence-electron chi connectivity index (χ1n) is 6.01. The van der Waals surface area contributed by atoms with E-state index in [-0.39, 0.29) is 0 Å². The summed E-state index contributed by atoms with van der Waals surface area (Å²) in [6.07, 6.45) is -0.658. The van der Waals surface area contributed by atoms with Gasteiger partial charge in [-0.05, 0) is 62.1 Å². The van der Waals surface area contributed by atoms with Gasteiger partial charge in [0, 0.05) is 10.7 Å². The molecule has 1 heterocycles. The lowest BCUT2D eigenvalue weighted by molar-refractivity contribution is 0.215. The fraction of sp³-hybridized carbons (Fsp3) is 0.333. The van der Waals surface area contributed by atoms with Crippen LogP contribution in [-0.2, 0) is 0 Å². The Morgan fingerprint density at radius 2 is 1.72 bits per heavy atom. The third kappa shape index (κ3) is 2.31. The van der Waals surface area contributed by atoms with E-state index >= 15 is 0 Å². The van der Waals surface area contributed by atoms with E-state index in [1.165, 1.54) is 5.56 Å². The zero-order chi connectivity index (χ0) is 13.4. The topological polar surface area (TPSA) is 36.0 Å². The molecule has 0 radical (unpaired) electrons. The van der Waals surface area contributed by atoms with E-state index in [4.69, 9.17) is 11.6 Å². The van der Waals surface area contributed by atoms with Crippen LogP contribution >= 0.6 is 11.6 Å². The molecule has 3 heteroatoms. The van der Waals surface area contributed by atoms with Crippen LogP contribution in [0.3, 0.4) is 0 Å². The zero-order valence-corrected chi connectivity index (χ0v) is 11.9. The monoisotopic (exact) mass is 263 g/mol. The summed E-state index contributed by atoms with van der Waals surface area (Å²) >= 11 is 6.04. The number of nitrogens with one attached hydrogen (secondary N) is 1. The number of hydrogen-bond acceptors (Lipinski definition) is 1. The number of halogens is 1. The molecule has 96 valence electrons. The molecule has 2 N–H and O–H groups in total. The highest BCUT2D eigenvalue weighted by atomic mass is 35.5. The van der Waals surface area contributed by atoms with E-state index in [0.717, 1.165) is 28.1 Å². The Balaban J connectivity index is 2.47. The minimum absolute atomic E-state index is 0.654. The van der Waals surface area contributed by atoms with E-state index in [1.807, 2.05) is 39.0 Å². The first-order valence-corrected chi connectivity index (χ1v) is 6.38. The van der Waals surface area contributed by atoms with Crippen molar-refractivity contribution in [3.05, 3.63) is 56.9 Å². The van der Waals surface area contributed by atoms with Gasteiger partial charge in [-0.2, -0.15) is 0 Å². The van der Waals surface area contributed by atoms with Gasteiger partial charge in [0.2, 0.25) is 0 Å². The summed E-state index contributed by atoms with van der Waals surface area (Å²) in [5.74, 6) is 0. The van der Waals surface area contributed by atoms with Crippen LogP contribution in [0.15, 0.2) is 18.2 Å². The maximum Gasteiger partial charge on any atom is 0.119 e.